The molecule has 18 heavy (non-hydrogen) atoms. The van der Waals surface area contributed by atoms with E-state index in [9.17, 15) is 8.78 Å². The minimum Gasteiger partial charge on any atom is -0.468 e. The lowest BCUT2D eigenvalue weighted by Crippen LogP contribution is -2.29. The molecular weight excluding hydrogens is 306 g/mol. The summed E-state index contributed by atoms with van der Waals surface area (Å²) in [6.45, 7) is 0. The number of hydrogen-bond donors (Lipinski definition) is 2. The van der Waals surface area contributed by atoms with Crippen molar-refractivity contribution < 1.29 is 13.2 Å². The third-order valence-corrected chi connectivity index (χ3v) is 3.25. The fraction of sp³-hybridized carbons (Fsp3) is 0.167. The van der Waals surface area contributed by atoms with Crippen LogP contribution in [0.25, 0.3) is 0 Å². The van der Waals surface area contributed by atoms with Gasteiger partial charge in [0.05, 0.1) is 16.8 Å². The van der Waals surface area contributed by atoms with Crippen molar-refractivity contribution >= 4 is 15.9 Å². The number of nitrogens with one attached hydrogen (secondary N) is 1. The molecule has 0 fully saturated rings. The number of hydrogen-bond acceptors (Lipinski definition) is 3. The Kier molecular flexibility index (Phi) is 4.11. The van der Waals surface area contributed by atoms with Crippen molar-refractivity contribution in [1.29, 1.82) is 0 Å². The summed E-state index contributed by atoms with van der Waals surface area (Å²) in [6, 6.07) is 5.42. The van der Waals surface area contributed by atoms with Crippen LogP contribution in [-0.4, -0.2) is 0 Å². The summed E-state index contributed by atoms with van der Waals surface area (Å²) >= 11 is 3.02. The third kappa shape index (κ3) is 2.60. The SMILES string of the molecule is NNC(Cc1c(F)ccc(Br)c1F)c1ccco1. The largest absolute Gasteiger partial charge is 0.468 e. The minimum absolute atomic E-state index is 0.0382. The molecule has 1 atom stereocenters. The van der Waals surface area contributed by atoms with E-state index in [0.29, 0.717) is 5.76 Å². The lowest BCUT2D eigenvalue weighted by molar-refractivity contribution is 0.406. The summed E-state index contributed by atoms with van der Waals surface area (Å²) < 4.78 is 32.8. The summed E-state index contributed by atoms with van der Waals surface area (Å²) in [5.74, 6) is 4.68. The van der Waals surface area contributed by atoms with Crippen LogP contribution in [0.5, 0.6) is 0 Å². The Bertz CT molecular complexity index is 531. The van der Waals surface area contributed by atoms with E-state index >= 15 is 0 Å². The average molecular weight is 317 g/mol. The van der Waals surface area contributed by atoms with Crippen LogP contribution in [0.3, 0.4) is 0 Å². The standard InChI is InChI=1S/C12H11BrF2N2O/c13-8-3-4-9(14)7(12(8)15)6-10(17-16)11-2-1-5-18-11/h1-5,10,17H,6,16H2. The Labute approximate surface area is 111 Å². The molecule has 1 aromatic carbocycles. The second kappa shape index (κ2) is 5.60. The summed E-state index contributed by atoms with van der Waals surface area (Å²) in [6.07, 6.45) is 1.54. The van der Waals surface area contributed by atoms with Gasteiger partial charge in [-0.25, -0.2) is 14.2 Å². The van der Waals surface area contributed by atoms with Crippen molar-refractivity contribution in [3.8, 4) is 0 Å². The van der Waals surface area contributed by atoms with Gasteiger partial charge in [0.15, 0.2) is 0 Å². The Morgan fingerprint density at radius 2 is 2.11 bits per heavy atom. The van der Waals surface area contributed by atoms with Crippen LogP contribution in [0.4, 0.5) is 8.78 Å². The van der Waals surface area contributed by atoms with Crippen LogP contribution in [-0.2, 0) is 6.42 Å². The van der Waals surface area contributed by atoms with Crippen molar-refractivity contribution in [1.82, 2.24) is 5.43 Å². The van der Waals surface area contributed by atoms with Crippen LogP contribution in [0.2, 0.25) is 0 Å². The van der Waals surface area contributed by atoms with Crippen LogP contribution in [0, 0.1) is 11.6 Å². The fourth-order valence-electron chi connectivity index (χ4n) is 1.69. The van der Waals surface area contributed by atoms with E-state index in [-0.39, 0.29) is 16.5 Å². The second-order valence-corrected chi connectivity index (χ2v) is 4.61. The molecule has 0 amide bonds. The van der Waals surface area contributed by atoms with E-state index in [2.05, 4.69) is 21.4 Å². The first-order chi connectivity index (χ1) is 8.63. The highest BCUT2D eigenvalue weighted by Gasteiger charge is 2.19. The first kappa shape index (κ1) is 13.2. The molecule has 1 heterocycles. The number of halogens is 3. The van der Waals surface area contributed by atoms with Gasteiger partial charge in [-0.2, -0.15) is 0 Å². The van der Waals surface area contributed by atoms with Gasteiger partial charge in [-0.05, 0) is 40.2 Å². The maximum Gasteiger partial charge on any atom is 0.143 e. The Hall–Kier alpha value is -1.24. The molecule has 0 aliphatic rings. The molecule has 96 valence electrons. The molecule has 0 aliphatic carbocycles. The third-order valence-electron chi connectivity index (χ3n) is 2.63. The molecule has 0 saturated carbocycles. The molecule has 1 aromatic heterocycles. The number of benzene rings is 1. The van der Waals surface area contributed by atoms with Crippen molar-refractivity contribution in [2.24, 2.45) is 5.84 Å². The molecule has 0 saturated heterocycles. The molecule has 0 aliphatic heterocycles. The van der Waals surface area contributed by atoms with Gasteiger partial charge < -0.3 is 4.42 Å². The highest BCUT2D eigenvalue weighted by molar-refractivity contribution is 9.10. The van der Waals surface area contributed by atoms with E-state index in [0.717, 1.165) is 0 Å². The Morgan fingerprint density at radius 1 is 1.33 bits per heavy atom. The molecule has 2 rings (SSSR count). The van der Waals surface area contributed by atoms with E-state index in [1.54, 1.807) is 12.1 Å². The van der Waals surface area contributed by atoms with Gasteiger partial charge in [0, 0.05) is 12.0 Å². The first-order valence-corrected chi connectivity index (χ1v) is 6.04. The van der Waals surface area contributed by atoms with Gasteiger partial charge in [0.25, 0.3) is 0 Å². The van der Waals surface area contributed by atoms with Crippen LogP contribution in [0.1, 0.15) is 17.4 Å². The average Bonchev–Trinajstić information content (AvgIpc) is 2.88. The molecule has 0 radical (unpaired) electrons. The van der Waals surface area contributed by atoms with Crippen LogP contribution >= 0.6 is 15.9 Å². The predicted octanol–water partition coefficient (Wildman–Crippen LogP) is 3.07. The smallest absolute Gasteiger partial charge is 0.143 e. The zero-order chi connectivity index (χ0) is 13.1. The zero-order valence-electron chi connectivity index (χ0n) is 9.29. The van der Waals surface area contributed by atoms with Gasteiger partial charge in [0.2, 0.25) is 0 Å². The van der Waals surface area contributed by atoms with Gasteiger partial charge in [-0.3, -0.25) is 5.84 Å². The lowest BCUT2D eigenvalue weighted by atomic mass is 10.0. The van der Waals surface area contributed by atoms with E-state index < -0.39 is 17.7 Å². The molecular formula is C12H11BrF2N2O. The summed E-state index contributed by atoms with van der Waals surface area (Å²) in [7, 11) is 0. The van der Waals surface area contributed by atoms with Crippen molar-refractivity contribution in [2.75, 3.05) is 0 Å². The Morgan fingerprint density at radius 3 is 2.72 bits per heavy atom. The lowest BCUT2D eigenvalue weighted by Gasteiger charge is -2.14. The van der Waals surface area contributed by atoms with Crippen LogP contribution in [0.15, 0.2) is 39.4 Å². The van der Waals surface area contributed by atoms with Gasteiger partial charge in [0.1, 0.15) is 17.4 Å². The first-order valence-electron chi connectivity index (χ1n) is 5.25. The van der Waals surface area contributed by atoms with E-state index in [4.69, 9.17) is 10.3 Å². The Balaban J connectivity index is 2.30. The molecule has 3 N–H and O–H groups in total. The second-order valence-electron chi connectivity index (χ2n) is 3.76. The normalized spacial score (nSPS) is 12.7. The topological polar surface area (TPSA) is 51.2 Å². The van der Waals surface area contributed by atoms with Crippen molar-refractivity contribution in [3.63, 3.8) is 0 Å². The zero-order valence-corrected chi connectivity index (χ0v) is 10.9. The maximum absolute atomic E-state index is 13.8. The van der Waals surface area contributed by atoms with E-state index in [1.807, 2.05) is 0 Å². The fourth-order valence-corrected chi connectivity index (χ4v) is 2.06. The van der Waals surface area contributed by atoms with Gasteiger partial charge in [-0.15, -0.1) is 0 Å². The van der Waals surface area contributed by atoms with Gasteiger partial charge >= 0.3 is 0 Å². The van der Waals surface area contributed by atoms with Crippen molar-refractivity contribution in [3.05, 3.63) is 58.0 Å². The predicted molar refractivity (Wildman–Crippen MR) is 66.5 cm³/mol. The molecule has 1 unspecified atom stereocenters. The minimum atomic E-state index is -0.623. The number of rotatable bonds is 4. The highest BCUT2D eigenvalue weighted by Crippen LogP contribution is 2.26. The monoisotopic (exact) mass is 316 g/mol. The molecule has 0 bridgehead atoms. The summed E-state index contributed by atoms with van der Waals surface area (Å²) in [5.41, 5.74) is 2.45. The quantitative estimate of drug-likeness (QED) is 0.518. The molecule has 6 heteroatoms. The molecule has 3 nitrogen and oxygen atoms in total. The number of furan rings is 1. The molecule has 2 aromatic rings. The summed E-state index contributed by atoms with van der Waals surface area (Å²) in [5, 5.41) is 0. The van der Waals surface area contributed by atoms with Gasteiger partial charge in [-0.1, -0.05) is 0 Å². The number of hydrazine groups is 1. The van der Waals surface area contributed by atoms with Crippen molar-refractivity contribution in [2.45, 2.75) is 12.5 Å². The highest BCUT2D eigenvalue weighted by atomic mass is 79.9. The maximum atomic E-state index is 13.8. The summed E-state index contributed by atoms with van der Waals surface area (Å²) in [4.78, 5) is 0. The number of nitrogens with two attached hydrogens (primary N) is 1. The van der Waals surface area contributed by atoms with Crippen LogP contribution < -0.4 is 11.3 Å². The van der Waals surface area contributed by atoms with E-state index in [1.165, 1.54) is 18.4 Å². The molecule has 0 spiro atoms.